The number of hydrogen-bond acceptors (Lipinski definition) is 8. The van der Waals surface area contributed by atoms with Crippen LogP contribution in [-0.2, 0) is 19.3 Å². The first kappa shape index (κ1) is 25.1. The first-order valence-corrected chi connectivity index (χ1v) is 10.9. The van der Waals surface area contributed by atoms with Gasteiger partial charge in [-0.25, -0.2) is 27.8 Å². The molecule has 0 spiro atoms. The average Bonchev–Trinajstić information content (AvgIpc) is 2.80. The molecule has 0 aliphatic heterocycles. The van der Waals surface area contributed by atoms with Crippen molar-refractivity contribution in [2.45, 2.75) is 16.7 Å². The monoisotopic (exact) mass is 477 g/mol. The van der Waals surface area contributed by atoms with Gasteiger partial charge in [0.1, 0.15) is 0 Å². The molecule has 2 aromatic rings. The number of benzene rings is 2. The van der Waals surface area contributed by atoms with Crippen LogP contribution in [0.25, 0.3) is 0 Å². The molecule has 33 heavy (non-hydrogen) atoms. The second kappa shape index (κ2) is 10.9. The summed E-state index contributed by atoms with van der Waals surface area (Å²) < 4.78 is 35.1. The zero-order valence-electron chi connectivity index (χ0n) is 18.1. The van der Waals surface area contributed by atoms with Crippen molar-refractivity contribution in [3.8, 4) is 0 Å². The van der Waals surface area contributed by atoms with Gasteiger partial charge in [0.25, 0.3) is 0 Å². The van der Waals surface area contributed by atoms with Gasteiger partial charge in [-0.15, -0.1) is 0 Å². The lowest BCUT2D eigenvalue weighted by molar-refractivity contribution is 0.173. The van der Waals surface area contributed by atoms with Crippen LogP contribution >= 0.6 is 0 Å². The molecule has 4 N–H and O–H groups in total. The summed E-state index contributed by atoms with van der Waals surface area (Å²) in [6.45, 7) is 1.78. The van der Waals surface area contributed by atoms with Gasteiger partial charge in [0.2, 0.25) is 15.8 Å². The number of rotatable bonds is 5. The van der Waals surface area contributed by atoms with Crippen molar-refractivity contribution < 1.29 is 32.3 Å². The SMILES string of the molecule is CCN(C(N)=O)c1ccc(S(=O)(=O)c2ccccc2)cc1N=C(NC(=O)OC)NC(=O)OC. The Morgan fingerprint density at radius 1 is 0.970 bits per heavy atom. The van der Waals surface area contributed by atoms with Crippen LogP contribution in [0.2, 0.25) is 0 Å². The van der Waals surface area contributed by atoms with E-state index in [1.165, 1.54) is 30.3 Å². The first-order chi connectivity index (χ1) is 15.6. The Hall–Kier alpha value is -4.13. The highest BCUT2D eigenvalue weighted by atomic mass is 32.2. The van der Waals surface area contributed by atoms with E-state index in [4.69, 9.17) is 5.73 Å². The minimum absolute atomic E-state index is 0.0375. The molecule has 0 fully saturated rings. The molecule has 0 saturated carbocycles. The van der Waals surface area contributed by atoms with Crippen molar-refractivity contribution >= 4 is 45.4 Å². The number of urea groups is 1. The van der Waals surface area contributed by atoms with E-state index in [0.717, 1.165) is 19.1 Å². The number of aliphatic imine (C=N–C) groups is 1. The second-order valence-corrected chi connectivity index (χ2v) is 8.19. The number of hydrogen-bond donors (Lipinski definition) is 3. The zero-order valence-corrected chi connectivity index (χ0v) is 18.9. The van der Waals surface area contributed by atoms with Crippen LogP contribution in [0.5, 0.6) is 0 Å². The number of carbonyl (C=O) groups is 3. The van der Waals surface area contributed by atoms with Gasteiger partial charge in [-0.3, -0.25) is 15.5 Å². The van der Waals surface area contributed by atoms with E-state index in [1.54, 1.807) is 25.1 Å². The third-order valence-electron chi connectivity index (χ3n) is 4.23. The quantitative estimate of drug-likeness (QED) is 0.437. The molecular weight excluding hydrogens is 454 g/mol. The fourth-order valence-electron chi connectivity index (χ4n) is 2.67. The van der Waals surface area contributed by atoms with E-state index >= 15 is 0 Å². The fourth-order valence-corrected chi connectivity index (χ4v) is 3.97. The minimum Gasteiger partial charge on any atom is -0.453 e. The molecule has 176 valence electrons. The van der Waals surface area contributed by atoms with Crippen molar-refractivity contribution in [1.82, 2.24) is 10.6 Å². The number of carbonyl (C=O) groups excluding carboxylic acids is 3. The van der Waals surface area contributed by atoms with Crippen LogP contribution in [0.15, 0.2) is 63.3 Å². The Morgan fingerprint density at radius 2 is 1.55 bits per heavy atom. The molecule has 0 atom stereocenters. The summed E-state index contributed by atoms with van der Waals surface area (Å²) >= 11 is 0. The van der Waals surface area contributed by atoms with Crippen LogP contribution in [0.3, 0.4) is 0 Å². The molecule has 0 unspecified atom stereocenters. The van der Waals surface area contributed by atoms with Crippen LogP contribution in [-0.4, -0.2) is 53.4 Å². The Bertz CT molecular complexity index is 1150. The van der Waals surface area contributed by atoms with Crippen molar-refractivity contribution in [3.63, 3.8) is 0 Å². The van der Waals surface area contributed by atoms with Crippen molar-refractivity contribution in [1.29, 1.82) is 0 Å². The van der Waals surface area contributed by atoms with E-state index in [2.05, 4.69) is 25.1 Å². The van der Waals surface area contributed by atoms with Crippen LogP contribution in [0, 0.1) is 0 Å². The summed E-state index contributed by atoms with van der Waals surface area (Å²) in [6.07, 6.45) is -1.94. The van der Waals surface area contributed by atoms with E-state index in [0.29, 0.717) is 0 Å². The number of anilines is 1. The third kappa shape index (κ3) is 6.20. The van der Waals surface area contributed by atoms with Gasteiger partial charge < -0.3 is 15.2 Å². The summed E-state index contributed by atoms with van der Waals surface area (Å²) in [4.78, 5) is 40.5. The normalized spacial score (nSPS) is 10.5. The average molecular weight is 477 g/mol. The molecule has 13 heteroatoms. The fraction of sp³-hybridized carbons (Fsp3) is 0.200. The highest BCUT2D eigenvalue weighted by molar-refractivity contribution is 7.91. The van der Waals surface area contributed by atoms with Gasteiger partial charge >= 0.3 is 18.2 Å². The zero-order chi connectivity index (χ0) is 24.6. The van der Waals surface area contributed by atoms with E-state index < -0.39 is 34.0 Å². The van der Waals surface area contributed by atoms with E-state index in [1.807, 2.05) is 0 Å². The Labute approximate surface area is 190 Å². The second-order valence-electron chi connectivity index (χ2n) is 6.24. The molecule has 0 radical (unpaired) electrons. The summed E-state index contributed by atoms with van der Waals surface area (Å²) in [6, 6.07) is 10.7. The number of nitrogens with zero attached hydrogens (tertiary/aromatic N) is 2. The first-order valence-electron chi connectivity index (χ1n) is 9.43. The molecular formula is C20H23N5O7S. The maximum Gasteiger partial charge on any atom is 0.413 e. The van der Waals surface area contributed by atoms with Gasteiger partial charge in [-0.2, -0.15) is 0 Å². The predicted molar refractivity (Wildman–Crippen MR) is 119 cm³/mol. The summed E-state index contributed by atoms with van der Waals surface area (Å²) in [5, 5.41) is 4.35. The van der Waals surface area contributed by atoms with Gasteiger partial charge in [0.05, 0.1) is 35.4 Å². The molecule has 0 aliphatic rings. The van der Waals surface area contributed by atoms with E-state index in [9.17, 15) is 22.8 Å². The predicted octanol–water partition coefficient (Wildman–Crippen LogP) is 2.12. The molecule has 2 aromatic carbocycles. The molecule has 12 nitrogen and oxygen atoms in total. The smallest absolute Gasteiger partial charge is 0.413 e. The Morgan fingerprint density at radius 3 is 2.03 bits per heavy atom. The van der Waals surface area contributed by atoms with Gasteiger partial charge in [-0.1, -0.05) is 18.2 Å². The van der Waals surface area contributed by atoms with Gasteiger partial charge in [0.15, 0.2) is 0 Å². The number of alkyl carbamates (subject to hydrolysis) is 2. The number of nitrogens with one attached hydrogen (secondary N) is 2. The van der Waals surface area contributed by atoms with E-state index in [-0.39, 0.29) is 27.7 Å². The molecule has 0 bridgehead atoms. The molecule has 0 saturated heterocycles. The largest absolute Gasteiger partial charge is 0.453 e. The lowest BCUT2D eigenvalue weighted by atomic mass is 10.2. The lowest BCUT2D eigenvalue weighted by Crippen LogP contribution is -2.43. The van der Waals surface area contributed by atoms with Crippen molar-refractivity contribution in [2.24, 2.45) is 10.7 Å². The molecule has 2 rings (SSSR count). The number of amides is 4. The topological polar surface area (TPSA) is 169 Å². The van der Waals surface area contributed by atoms with Crippen molar-refractivity contribution in [3.05, 3.63) is 48.5 Å². The lowest BCUT2D eigenvalue weighted by Gasteiger charge is -2.21. The maximum atomic E-state index is 13.1. The summed E-state index contributed by atoms with van der Waals surface area (Å²) in [7, 11) is -1.76. The van der Waals surface area contributed by atoms with Crippen LogP contribution < -0.4 is 21.3 Å². The highest BCUT2D eigenvalue weighted by Gasteiger charge is 2.22. The summed E-state index contributed by atoms with van der Waals surface area (Å²) in [5.74, 6) is -0.440. The number of guanidine groups is 1. The number of primary amides is 1. The molecule has 0 aliphatic carbocycles. The Balaban J connectivity index is 2.72. The molecule has 0 aromatic heterocycles. The van der Waals surface area contributed by atoms with Crippen LogP contribution in [0.4, 0.5) is 25.8 Å². The van der Waals surface area contributed by atoms with Gasteiger partial charge in [-0.05, 0) is 37.3 Å². The minimum atomic E-state index is -3.95. The highest BCUT2D eigenvalue weighted by Crippen LogP contribution is 2.33. The van der Waals surface area contributed by atoms with Crippen LogP contribution in [0.1, 0.15) is 6.92 Å². The molecule has 0 heterocycles. The summed E-state index contributed by atoms with van der Waals surface area (Å²) in [5.41, 5.74) is 5.48. The third-order valence-corrected chi connectivity index (χ3v) is 6.00. The maximum absolute atomic E-state index is 13.1. The number of nitrogens with two attached hydrogens (primary N) is 1. The number of methoxy groups -OCH3 is 2. The Kier molecular flexibility index (Phi) is 8.34. The standard InChI is InChI=1S/C20H23N5O7S/c1-4-25(17(21)26)16-11-10-14(33(29,30)13-8-6-5-7-9-13)12-15(16)22-18(23-19(27)31-2)24-20(28)32-3/h5-12H,4H2,1-3H3,(H2,21,26)(H2,22,23,24,27,28). The van der Waals surface area contributed by atoms with Crippen molar-refractivity contribution in [2.75, 3.05) is 25.7 Å². The number of sulfone groups is 1. The number of ether oxygens (including phenoxy) is 2. The molecule has 4 amide bonds. The van der Waals surface area contributed by atoms with Gasteiger partial charge in [0, 0.05) is 6.54 Å².